The van der Waals surface area contributed by atoms with Gasteiger partial charge >= 0.3 is 0 Å². The second kappa shape index (κ2) is 5.10. The summed E-state index contributed by atoms with van der Waals surface area (Å²) in [6.07, 6.45) is 2.40. The number of carbonyl (C=O) groups is 2. The van der Waals surface area contributed by atoms with E-state index >= 15 is 0 Å². The van der Waals surface area contributed by atoms with Crippen LogP contribution in [0.5, 0.6) is 0 Å². The highest BCUT2D eigenvalue weighted by molar-refractivity contribution is 5.80. The molecule has 1 heterocycles. The van der Waals surface area contributed by atoms with Gasteiger partial charge in [0.2, 0.25) is 5.91 Å². The third-order valence-electron chi connectivity index (χ3n) is 2.70. The highest BCUT2D eigenvalue weighted by atomic mass is 16.1. The quantitative estimate of drug-likeness (QED) is 0.700. The molecule has 14 heavy (non-hydrogen) atoms. The number of primary amides is 1. The third kappa shape index (κ3) is 3.10. The van der Waals surface area contributed by atoms with Crippen molar-refractivity contribution < 1.29 is 9.59 Å². The first-order chi connectivity index (χ1) is 6.63. The van der Waals surface area contributed by atoms with Crippen molar-refractivity contribution in [2.75, 3.05) is 19.6 Å². The van der Waals surface area contributed by atoms with Crippen LogP contribution in [0.15, 0.2) is 0 Å². The lowest BCUT2D eigenvalue weighted by atomic mass is 9.97. The number of rotatable bonds is 4. The second-order valence-corrected chi connectivity index (χ2v) is 3.87. The van der Waals surface area contributed by atoms with Gasteiger partial charge in [0, 0.05) is 13.0 Å². The van der Waals surface area contributed by atoms with Crippen molar-refractivity contribution in [3.63, 3.8) is 0 Å². The number of carbonyl (C=O) groups excluding carboxylic acids is 2. The fourth-order valence-electron chi connectivity index (χ4n) is 1.79. The van der Waals surface area contributed by atoms with E-state index in [1.54, 1.807) is 0 Å². The van der Waals surface area contributed by atoms with Crippen LogP contribution >= 0.6 is 0 Å². The van der Waals surface area contributed by atoms with Crippen molar-refractivity contribution in [2.24, 2.45) is 11.7 Å². The van der Waals surface area contributed by atoms with Crippen molar-refractivity contribution >= 4 is 11.7 Å². The molecular formula is C10H18N2O2. The summed E-state index contributed by atoms with van der Waals surface area (Å²) in [5.74, 6) is -0.0674. The fourth-order valence-corrected chi connectivity index (χ4v) is 1.79. The maximum Gasteiger partial charge on any atom is 0.221 e. The minimum atomic E-state index is -0.237. The predicted octanol–water partition coefficient (Wildman–Crippen LogP) is 0.163. The van der Waals surface area contributed by atoms with E-state index < -0.39 is 0 Å². The average molecular weight is 198 g/mol. The van der Waals surface area contributed by atoms with Crippen molar-refractivity contribution in [3.05, 3.63) is 0 Å². The van der Waals surface area contributed by atoms with Gasteiger partial charge in [0.25, 0.3) is 0 Å². The molecule has 1 fully saturated rings. The Labute approximate surface area is 84.4 Å². The molecular weight excluding hydrogens is 180 g/mol. The minimum absolute atomic E-state index is 0.0617. The molecule has 1 unspecified atom stereocenters. The van der Waals surface area contributed by atoms with Crippen LogP contribution in [0.3, 0.4) is 0 Å². The molecule has 1 rings (SSSR count). The van der Waals surface area contributed by atoms with E-state index in [0.29, 0.717) is 19.5 Å². The number of Topliss-reactive ketones (excluding diaryl/α,β-unsaturated/α-hetero) is 1. The van der Waals surface area contributed by atoms with Gasteiger partial charge in [-0.3, -0.25) is 14.5 Å². The summed E-state index contributed by atoms with van der Waals surface area (Å²) < 4.78 is 0. The lowest BCUT2D eigenvalue weighted by molar-refractivity contribution is -0.125. The Bertz CT molecular complexity index is 228. The van der Waals surface area contributed by atoms with E-state index in [2.05, 4.69) is 0 Å². The molecule has 0 saturated carbocycles. The number of nitrogens with two attached hydrogens (primary N) is 1. The van der Waals surface area contributed by atoms with Crippen LogP contribution in [0.4, 0.5) is 0 Å². The first-order valence-electron chi connectivity index (χ1n) is 5.16. The summed E-state index contributed by atoms with van der Waals surface area (Å²) in [6, 6.07) is 0. The Hall–Kier alpha value is -0.900. The molecule has 0 spiro atoms. The van der Waals surface area contributed by atoms with Crippen LogP contribution in [0.2, 0.25) is 0 Å². The maximum absolute atomic E-state index is 11.2. The number of ketones is 1. The molecule has 1 saturated heterocycles. The SMILES string of the molecule is CCC(=O)CN1CCCC(C(N)=O)C1. The minimum Gasteiger partial charge on any atom is -0.369 e. The normalized spacial score (nSPS) is 23.4. The smallest absolute Gasteiger partial charge is 0.221 e. The zero-order valence-corrected chi connectivity index (χ0v) is 8.66. The van der Waals surface area contributed by atoms with Crippen LogP contribution in [0, 0.1) is 5.92 Å². The number of hydrogen-bond acceptors (Lipinski definition) is 3. The molecule has 4 nitrogen and oxygen atoms in total. The molecule has 4 heteroatoms. The van der Waals surface area contributed by atoms with E-state index in [1.165, 1.54) is 0 Å². The van der Waals surface area contributed by atoms with Gasteiger partial charge in [0.05, 0.1) is 12.5 Å². The summed E-state index contributed by atoms with van der Waals surface area (Å²) in [7, 11) is 0. The maximum atomic E-state index is 11.2. The molecule has 0 bridgehead atoms. The number of likely N-dealkylation sites (tertiary alicyclic amines) is 1. The largest absolute Gasteiger partial charge is 0.369 e. The molecule has 0 radical (unpaired) electrons. The average Bonchev–Trinajstić information content (AvgIpc) is 2.18. The molecule has 1 amide bonds. The number of nitrogens with zero attached hydrogens (tertiary/aromatic N) is 1. The molecule has 1 aliphatic rings. The Morgan fingerprint density at radius 3 is 2.79 bits per heavy atom. The summed E-state index contributed by atoms with van der Waals surface area (Å²) in [5, 5.41) is 0. The van der Waals surface area contributed by atoms with E-state index in [4.69, 9.17) is 5.73 Å². The molecule has 2 N–H and O–H groups in total. The number of hydrogen-bond donors (Lipinski definition) is 1. The number of piperidine rings is 1. The molecule has 0 aromatic rings. The third-order valence-corrected chi connectivity index (χ3v) is 2.70. The highest BCUT2D eigenvalue weighted by Crippen LogP contribution is 2.15. The van der Waals surface area contributed by atoms with Gasteiger partial charge in [-0.05, 0) is 19.4 Å². The topological polar surface area (TPSA) is 63.4 Å². The zero-order valence-electron chi connectivity index (χ0n) is 8.66. The van der Waals surface area contributed by atoms with Crippen LogP contribution in [0.25, 0.3) is 0 Å². The predicted molar refractivity (Wildman–Crippen MR) is 53.7 cm³/mol. The fraction of sp³-hybridized carbons (Fsp3) is 0.800. The highest BCUT2D eigenvalue weighted by Gasteiger charge is 2.24. The standard InChI is InChI=1S/C10H18N2O2/c1-2-9(13)7-12-5-3-4-8(6-12)10(11)14/h8H,2-7H2,1H3,(H2,11,14). The van der Waals surface area contributed by atoms with Crippen LogP contribution in [0.1, 0.15) is 26.2 Å². The molecule has 1 aliphatic heterocycles. The summed E-state index contributed by atoms with van der Waals surface area (Å²) in [4.78, 5) is 24.2. The lowest BCUT2D eigenvalue weighted by Gasteiger charge is -2.30. The molecule has 0 aromatic heterocycles. The van der Waals surface area contributed by atoms with Gasteiger partial charge in [0.15, 0.2) is 0 Å². The van der Waals surface area contributed by atoms with E-state index in [-0.39, 0.29) is 17.6 Å². The first-order valence-corrected chi connectivity index (χ1v) is 5.16. The van der Waals surface area contributed by atoms with E-state index in [0.717, 1.165) is 19.4 Å². The summed E-state index contributed by atoms with van der Waals surface area (Å²) in [6.45, 7) is 3.90. The monoisotopic (exact) mass is 198 g/mol. The van der Waals surface area contributed by atoms with Gasteiger partial charge in [-0.15, -0.1) is 0 Å². The lowest BCUT2D eigenvalue weighted by Crippen LogP contribution is -2.43. The summed E-state index contributed by atoms with van der Waals surface area (Å²) in [5.41, 5.74) is 5.24. The second-order valence-electron chi connectivity index (χ2n) is 3.87. The molecule has 0 aromatic carbocycles. The Morgan fingerprint density at radius 1 is 1.50 bits per heavy atom. The van der Waals surface area contributed by atoms with Crippen LogP contribution in [-0.2, 0) is 9.59 Å². The Kier molecular flexibility index (Phi) is 4.07. The van der Waals surface area contributed by atoms with Crippen molar-refractivity contribution in [2.45, 2.75) is 26.2 Å². The van der Waals surface area contributed by atoms with Crippen molar-refractivity contribution in [1.29, 1.82) is 0 Å². The molecule has 1 atom stereocenters. The van der Waals surface area contributed by atoms with Gasteiger partial charge in [-0.2, -0.15) is 0 Å². The zero-order chi connectivity index (χ0) is 10.6. The van der Waals surface area contributed by atoms with Crippen LogP contribution in [-0.4, -0.2) is 36.2 Å². The summed E-state index contributed by atoms with van der Waals surface area (Å²) >= 11 is 0. The van der Waals surface area contributed by atoms with E-state index in [1.807, 2.05) is 11.8 Å². The van der Waals surface area contributed by atoms with Crippen molar-refractivity contribution in [1.82, 2.24) is 4.90 Å². The first kappa shape index (κ1) is 11.2. The molecule has 0 aliphatic carbocycles. The Balaban J connectivity index is 2.40. The van der Waals surface area contributed by atoms with E-state index in [9.17, 15) is 9.59 Å². The van der Waals surface area contributed by atoms with Gasteiger partial charge < -0.3 is 5.73 Å². The van der Waals surface area contributed by atoms with Crippen LogP contribution < -0.4 is 5.73 Å². The van der Waals surface area contributed by atoms with Gasteiger partial charge in [0.1, 0.15) is 5.78 Å². The van der Waals surface area contributed by atoms with Crippen molar-refractivity contribution in [3.8, 4) is 0 Å². The van der Waals surface area contributed by atoms with Gasteiger partial charge in [-0.25, -0.2) is 0 Å². The molecule has 80 valence electrons. The Morgan fingerprint density at radius 2 is 2.21 bits per heavy atom. The van der Waals surface area contributed by atoms with Gasteiger partial charge in [-0.1, -0.05) is 6.92 Å². The number of amides is 1.